The first-order valence-electron chi connectivity index (χ1n) is 13.6. The number of alkyl halides is 2. The van der Waals surface area contributed by atoms with E-state index < -0.39 is 20.8 Å². The maximum atomic E-state index is 14.3. The molecule has 5 rings (SSSR count). The van der Waals surface area contributed by atoms with Gasteiger partial charge in [-0.3, -0.25) is 0 Å². The number of amidine groups is 1. The van der Waals surface area contributed by atoms with Crippen molar-refractivity contribution in [3.63, 3.8) is 0 Å². The highest BCUT2D eigenvalue weighted by Crippen LogP contribution is 2.35. The molecule has 0 amide bonds. The molecule has 1 aromatic heterocycles. The van der Waals surface area contributed by atoms with E-state index in [9.17, 15) is 17.2 Å². The summed E-state index contributed by atoms with van der Waals surface area (Å²) in [5.41, 5.74) is 2.63. The molecule has 1 atom stereocenters. The van der Waals surface area contributed by atoms with Crippen LogP contribution in [0.4, 0.5) is 8.78 Å². The van der Waals surface area contributed by atoms with Gasteiger partial charge in [0.05, 0.1) is 9.77 Å². The van der Waals surface area contributed by atoms with Crippen LogP contribution < -0.4 is 5.32 Å². The van der Waals surface area contributed by atoms with Crippen LogP contribution in [0.15, 0.2) is 75.3 Å². The van der Waals surface area contributed by atoms with Gasteiger partial charge in [0.2, 0.25) is 10.0 Å². The number of fused-ring (bicyclic) bond motifs is 1. The Morgan fingerprint density at radius 2 is 1.83 bits per heavy atom. The normalized spacial score (nSPS) is 18.3. The van der Waals surface area contributed by atoms with Crippen molar-refractivity contribution < 1.29 is 21.6 Å². The second kappa shape index (κ2) is 11.3. The summed E-state index contributed by atoms with van der Waals surface area (Å²) in [4.78, 5) is 8.34. The molecule has 2 aliphatic rings. The van der Waals surface area contributed by atoms with E-state index in [1.807, 2.05) is 6.92 Å². The maximum Gasteiger partial charge on any atom is 0.270 e. The summed E-state index contributed by atoms with van der Waals surface area (Å²) >= 11 is 4.89. The van der Waals surface area contributed by atoms with Gasteiger partial charge in [0.1, 0.15) is 17.8 Å². The van der Waals surface area contributed by atoms with Crippen molar-refractivity contribution in [2.24, 2.45) is 10.9 Å². The van der Waals surface area contributed by atoms with Crippen LogP contribution in [0.1, 0.15) is 55.7 Å². The zero-order valence-electron chi connectivity index (χ0n) is 23.3. The topological polar surface area (TPSA) is 87.8 Å². The zero-order valence-corrected chi connectivity index (χ0v) is 25.0. The summed E-state index contributed by atoms with van der Waals surface area (Å²) in [6, 6.07) is 11.6. The molecule has 7 nitrogen and oxygen atoms in total. The lowest BCUT2D eigenvalue weighted by Gasteiger charge is -2.36. The number of halogens is 2. The Balaban J connectivity index is 1.22. The molecule has 2 aromatic carbocycles. The van der Waals surface area contributed by atoms with E-state index in [1.54, 1.807) is 61.9 Å². The van der Waals surface area contributed by atoms with Gasteiger partial charge in [0, 0.05) is 49.8 Å². The van der Waals surface area contributed by atoms with Crippen LogP contribution in [0.25, 0.3) is 11.3 Å². The fourth-order valence-electron chi connectivity index (χ4n) is 5.57. The molecule has 1 fully saturated rings. The largest absolute Gasteiger partial charge is 0.449 e. The van der Waals surface area contributed by atoms with E-state index in [2.05, 4.69) is 15.3 Å². The first-order chi connectivity index (χ1) is 19.3. The molecule has 2 aliphatic heterocycles. The third kappa shape index (κ3) is 6.57. The van der Waals surface area contributed by atoms with E-state index >= 15 is 0 Å². The molecule has 1 unspecified atom stereocenters. The van der Waals surface area contributed by atoms with E-state index in [0.717, 1.165) is 12.5 Å². The first kappa shape index (κ1) is 29.5. The molecule has 3 aromatic rings. The molecule has 0 aliphatic carbocycles. The highest BCUT2D eigenvalue weighted by molar-refractivity contribution is 7.89. The minimum absolute atomic E-state index is 0.00613. The Hall–Kier alpha value is -3.02. The summed E-state index contributed by atoms with van der Waals surface area (Å²) < 4.78 is 62.1. The average molecular weight is 601 g/mol. The molecule has 0 saturated carbocycles. The smallest absolute Gasteiger partial charge is 0.270 e. The predicted octanol–water partition coefficient (Wildman–Crippen LogP) is 6.30. The van der Waals surface area contributed by atoms with E-state index in [1.165, 1.54) is 10.4 Å². The second-order valence-corrected chi connectivity index (χ2v) is 13.9. The standard InChI is InChI=1S/C30H34F2N4O3S2/c1-20-34-27(19-39-20)22-9-11-23(12-10-22)41(37,38)36-16-13-21(14-17-36)18-29(2,40)35-28-25-6-4-8-26(30(3,31)32)24(25)7-5-15-33-28/h4-6,8-12,15,19,21,40H,7,13-14,16-18H2,1-3H3,(H,33,35). The summed E-state index contributed by atoms with van der Waals surface area (Å²) in [6.45, 7) is 5.41. The molecule has 11 heteroatoms. The zero-order chi connectivity index (χ0) is 29.4. The number of sulfonamides is 1. The molecule has 3 heterocycles. The van der Waals surface area contributed by atoms with Gasteiger partial charge in [0.25, 0.3) is 5.92 Å². The number of nitrogens with one attached hydrogen (secondary N) is 1. The molecule has 218 valence electrons. The van der Waals surface area contributed by atoms with Crippen molar-refractivity contribution in [2.75, 3.05) is 13.1 Å². The van der Waals surface area contributed by atoms with Gasteiger partial charge in [-0.1, -0.05) is 36.4 Å². The predicted molar refractivity (Wildman–Crippen MR) is 159 cm³/mol. The van der Waals surface area contributed by atoms with Crippen LogP contribution in [-0.4, -0.2) is 41.5 Å². The molecule has 1 saturated heterocycles. The van der Waals surface area contributed by atoms with Crippen molar-refractivity contribution in [3.8, 4) is 11.3 Å². The number of piperidine rings is 1. The Morgan fingerprint density at radius 3 is 2.46 bits per heavy atom. The highest BCUT2D eigenvalue weighted by atomic mass is 32.2. The number of oxazole rings is 1. The summed E-state index contributed by atoms with van der Waals surface area (Å²) in [6.07, 6.45) is 7.33. The Kier molecular flexibility index (Phi) is 8.15. The summed E-state index contributed by atoms with van der Waals surface area (Å²) in [7, 11) is -3.63. The molecule has 0 bridgehead atoms. The minimum atomic E-state index is -3.63. The van der Waals surface area contributed by atoms with Crippen LogP contribution >= 0.6 is 12.6 Å². The minimum Gasteiger partial charge on any atom is -0.449 e. The Morgan fingerprint density at radius 1 is 1.12 bits per heavy atom. The quantitative estimate of drug-likeness (QED) is 0.245. The summed E-state index contributed by atoms with van der Waals surface area (Å²) in [5.74, 6) is -1.69. The number of thiol groups is 1. The lowest BCUT2D eigenvalue weighted by molar-refractivity contribution is 0.0166. The fraction of sp³-hybridized carbons (Fsp3) is 0.400. The van der Waals surface area contributed by atoms with Gasteiger partial charge < -0.3 is 9.73 Å². The third-order valence-electron chi connectivity index (χ3n) is 7.59. The van der Waals surface area contributed by atoms with Crippen LogP contribution in [0, 0.1) is 12.8 Å². The van der Waals surface area contributed by atoms with Gasteiger partial charge in [0.15, 0.2) is 5.89 Å². The van der Waals surface area contributed by atoms with Crippen LogP contribution in [-0.2, 0) is 22.4 Å². The van der Waals surface area contributed by atoms with E-state index in [0.29, 0.717) is 67.3 Å². The van der Waals surface area contributed by atoms with Crippen molar-refractivity contribution >= 4 is 28.5 Å². The van der Waals surface area contributed by atoms with Crippen LogP contribution in [0.3, 0.4) is 0 Å². The number of hydrogen-bond acceptors (Lipinski definition) is 7. The fourth-order valence-corrected chi connectivity index (χ4v) is 7.41. The molecule has 0 radical (unpaired) electrons. The number of aliphatic imine (C=N–C) groups is 1. The molecular formula is C30H34F2N4O3S2. The van der Waals surface area contributed by atoms with Crippen molar-refractivity contribution in [1.82, 2.24) is 14.6 Å². The van der Waals surface area contributed by atoms with Gasteiger partial charge in [-0.15, -0.1) is 0 Å². The maximum absolute atomic E-state index is 14.3. The number of rotatable bonds is 7. The van der Waals surface area contributed by atoms with E-state index in [4.69, 9.17) is 17.0 Å². The Bertz CT molecular complexity index is 1570. The molecule has 41 heavy (non-hydrogen) atoms. The monoisotopic (exact) mass is 600 g/mol. The Labute approximate surface area is 245 Å². The number of allylic oxidation sites excluding steroid dienone is 1. The molecule has 0 spiro atoms. The number of nitrogens with zero attached hydrogens (tertiary/aromatic N) is 3. The number of hydrogen-bond donors (Lipinski definition) is 2. The number of benzene rings is 2. The first-order valence-corrected chi connectivity index (χ1v) is 15.5. The highest BCUT2D eigenvalue weighted by Gasteiger charge is 2.34. The van der Waals surface area contributed by atoms with E-state index in [-0.39, 0.29) is 16.4 Å². The third-order valence-corrected chi connectivity index (χ3v) is 9.80. The van der Waals surface area contributed by atoms with Crippen molar-refractivity contribution in [2.45, 2.75) is 62.1 Å². The molecule has 1 N–H and O–H groups in total. The average Bonchev–Trinajstić information content (AvgIpc) is 3.26. The SMILES string of the molecule is Cc1nc(-c2ccc(S(=O)(=O)N3CCC(CC(C)(S)NC4=NC=CCc5c4cccc5C(C)(F)F)CC3)cc2)co1. The second-order valence-electron chi connectivity index (χ2n) is 11.0. The lowest BCUT2D eigenvalue weighted by Crippen LogP contribution is -2.45. The van der Waals surface area contributed by atoms with Crippen molar-refractivity contribution in [3.05, 3.63) is 83.6 Å². The lowest BCUT2D eigenvalue weighted by atomic mass is 9.90. The summed E-state index contributed by atoms with van der Waals surface area (Å²) in [5, 5.41) is 3.38. The van der Waals surface area contributed by atoms with Crippen LogP contribution in [0.5, 0.6) is 0 Å². The molecular weight excluding hydrogens is 566 g/mol. The van der Waals surface area contributed by atoms with Crippen LogP contribution in [0.2, 0.25) is 0 Å². The number of aromatic nitrogens is 1. The van der Waals surface area contributed by atoms with Gasteiger partial charge >= 0.3 is 0 Å². The van der Waals surface area contributed by atoms with Gasteiger partial charge in [-0.2, -0.15) is 16.9 Å². The number of aryl methyl sites for hydroxylation is 1. The van der Waals surface area contributed by atoms with Gasteiger partial charge in [-0.25, -0.2) is 27.2 Å². The van der Waals surface area contributed by atoms with Crippen molar-refractivity contribution in [1.29, 1.82) is 0 Å². The van der Waals surface area contributed by atoms with Gasteiger partial charge in [-0.05, 0) is 56.2 Å².